The van der Waals surface area contributed by atoms with Crippen LogP contribution in [-0.4, -0.2) is 25.2 Å². The van der Waals surface area contributed by atoms with E-state index >= 15 is 0 Å². The van der Waals surface area contributed by atoms with Gasteiger partial charge in [-0.25, -0.2) is 4.39 Å². The quantitative estimate of drug-likeness (QED) is 0.847. The topological polar surface area (TPSA) is 15.3 Å². The molecule has 3 rings (SSSR count). The van der Waals surface area contributed by atoms with E-state index in [0.717, 1.165) is 19.6 Å². The number of anilines is 1. The van der Waals surface area contributed by atoms with Crippen molar-refractivity contribution in [2.45, 2.75) is 37.6 Å². The van der Waals surface area contributed by atoms with Crippen molar-refractivity contribution in [1.82, 2.24) is 5.32 Å². The lowest BCUT2D eigenvalue weighted by atomic mass is 9.80. The van der Waals surface area contributed by atoms with Gasteiger partial charge in [0.15, 0.2) is 0 Å². The number of benzene rings is 1. The highest BCUT2D eigenvalue weighted by molar-refractivity contribution is 6.33. The van der Waals surface area contributed by atoms with Gasteiger partial charge in [-0.2, -0.15) is 0 Å². The van der Waals surface area contributed by atoms with Crippen LogP contribution in [0.4, 0.5) is 10.1 Å². The SMILES string of the molecule is Fc1cccc(Cl)c1N1CCNC2(CCCCC2)C1. The Bertz CT molecular complexity index is 432. The Morgan fingerprint density at radius 2 is 2.00 bits per heavy atom. The predicted octanol–water partition coefficient (Wildman–Crippen LogP) is 3.59. The van der Waals surface area contributed by atoms with Crippen LogP contribution < -0.4 is 10.2 Å². The summed E-state index contributed by atoms with van der Waals surface area (Å²) in [6, 6.07) is 4.94. The second kappa shape index (κ2) is 5.29. The Hall–Kier alpha value is -0.800. The fraction of sp³-hybridized carbons (Fsp3) is 0.600. The molecule has 1 saturated carbocycles. The molecule has 0 unspecified atom stereocenters. The summed E-state index contributed by atoms with van der Waals surface area (Å²) in [4.78, 5) is 2.12. The summed E-state index contributed by atoms with van der Waals surface area (Å²) < 4.78 is 14.0. The number of piperazine rings is 1. The molecule has 1 aliphatic carbocycles. The van der Waals surface area contributed by atoms with Crippen LogP contribution in [0.5, 0.6) is 0 Å². The van der Waals surface area contributed by atoms with E-state index in [0.29, 0.717) is 10.7 Å². The minimum absolute atomic E-state index is 0.169. The number of halogens is 2. The zero-order chi connectivity index (χ0) is 13.3. The molecule has 0 atom stereocenters. The first-order valence-electron chi connectivity index (χ1n) is 7.14. The maximum absolute atomic E-state index is 14.0. The molecule has 2 nitrogen and oxygen atoms in total. The number of hydrogen-bond donors (Lipinski definition) is 1. The van der Waals surface area contributed by atoms with E-state index in [4.69, 9.17) is 11.6 Å². The molecule has 2 fully saturated rings. The minimum atomic E-state index is -0.208. The highest BCUT2D eigenvalue weighted by Crippen LogP contribution is 2.35. The molecule has 0 radical (unpaired) electrons. The Labute approximate surface area is 118 Å². The fourth-order valence-electron chi connectivity index (χ4n) is 3.50. The summed E-state index contributed by atoms with van der Waals surface area (Å²) in [5.41, 5.74) is 0.748. The molecule has 0 amide bonds. The largest absolute Gasteiger partial charge is 0.365 e. The second-order valence-corrected chi connectivity index (χ2v) is 6.17. The van der Waals surface area contributed by atoms with Crippen LogP contribution in [0, 0.1) is 5.82 Å². The molecule has 1 aromatic rings. The molecule has 0 bridgehead atoms. The predicted molar refractivity (Wildman–Crippen MR) is 77.4 cm³/mol. The normalized spacial score (nSPS) is 22.7. The molecule has 1 aromatic carbocycles. The highest BCUT2D eigenvalue weighted by atomic mass is 35.5. The summed E-state index contributed by atoms with van der Waals surface area (Å²) >= 11 is 6.19. The number of nitrogens with zero attached hydrogens (tertiary/aromatic N) is 1. The Balaban J connectivity index is 1.85. The van der Waals surface area contributed by atoms with Crippen molar-refractivity contribution in [2.24, 2.45) is 0 Å². The van der Waals surface area contributed by atoms with Crippen LogP contribution in [0.1, 0.15) is 32.1 Å². The van der Waals surface area contributed by atoms with Gasteiger partial charge in [0.2, 0.25) is 0 Å². The molecule has 1 N–H and O–H groups in total. The first kappa shape index (κ1) is 13.2. The Kier molecular flexibility index (Phi) is 3.68. The number of para-hydroxylation sites is 1. The molecule has 1 spiro atoms. The van der Waals surface area contributed by atoms with E-state index in [9.17, 15) is 4.39 Å². The average Bonchev–Trinajstić information content (AvgIpc) is 2.39. The van der Waals surface area contributed by atoms with Crippen molar-refractivity contribution in [2.75, 3.05) is 24.5 Å². The molecular formula is C15H20ClFN2. The molecular weight excluding hydrogens is 263 g/mol. The maximum atomic E-state index is 14.0. The lowest BCUT2D eigenvalue weighted by Crippen LogP contribution is -2.61. The van der Waals surface area contributed by atoms with Gasteiger partial charge >= 0.3 is 0 Å². The third-order valence-corrected chi connectivity index (χ3v) is 4.74. The third kappa shape index (κ3) is 2.59. The summed E-state index contributed by atoms with van der Waals surface area (Å²) in [5, 5.41) is 4.19. The molecule has 4 heteroatoms. The van der Waals surface area contributed by atoms with Crippen molar-refractivity contribution < 1.29 is 4.39 Å². The maximum Gasteiger partial charge on any atom is 0.148 e. The molecule has 104 valence electrons. The van der Waals surface area contributed by atoms with E-state index < -0.39 is 0 Å². The monoisotopic (exact) mass is 282 g/mol. The van der Waals surface area contributed by atoms with Crippen molar-refractivity contribution in [3.05, 3.63) is 29.0 Å². The van der Waals surface area contributed by atoms with Gasteiger partial charge in [-0.1, -0.05) is 36.9 Å². The second-order valence-electron chi connectivity index (χ2n) is 5.76. The smallest absolute Gasteiger partial charge is 0.148 e. The summed E-state index contributed by atoms with van der Waals surface area (Å²) in [5.74, 6) is -0.208. The Morgan fingerprint density at radius 1 is 1.21 bits per heavy atom. The molecule has 1 saturated heterocycles. The van der Waals surface area contributed by atoms with Gasteiger partial charge in [-0.05, 0) is 25.0 Å². The molecule has 0 aromatic heterocycles. The fourth-order valence-corrected chi connectivity index (χ4v) is 3.78. The summed E-state index contributed by atoms with van der Waals surface area (Å²) in [6.45, 7) is 2.60. The third-order valence-electron chi connectivity index (χ3n) is 4.44. The van der Waals surface area contributed by atoms with Gasteiger partial charge in [0.25, 0.3) is 0 Å². The standard InChI is InChI=1S/C15H20ClFN2/c16-12-5-4-6-13(17)14(12)19-10-9-18-15(11-19)7-2-1-3-8-15/h4-6,18H,1-3,7-11H2. The van der Waals surface area contributed by atoms with Crippen LogP contribution in [0.2, 0.25) is 5.02 Å². The van der Waals surface area contributed by atoms with E-state index in [1.807, 2.05) is 0 Å². The average molecular weight is 283 g/mol. The molecule has 19 heavy (non-hydrogen) atoms. The summed E-state index contributed by atoms with van der Waals surface area (Å²) in [7, 11) is 0. The zero-order valence-electron chi connectivity index (χ0n) is 11.1. The van der Waals surface area contributed by atoms with Crippen molar-refractivity contribution in [1.29, 1.82) is 0 Å². The van der Waals surface area contributed by atoms with Gasteiger partial charge in [0.05, 0.1) is 10.7 Å². The molecule has 2 aliphatic rings. The lowest BCUT2D eigenvalue weighted by Gasteiger charge is -2.47. The summed E-state index contributed by atoms with van der Waals surface area (Å²) in [6.07, 6.45) is 6.24. The van der Waals surface area contributed by atoms with Crippen molar-refractivity contribution >= 4 is 17.3 Å². The lowest BCUT2D eigenvalue weighted by molar-refractivity contribution is 0.216. The van der Waals surface area contributed by atoms with Gasteiger partial charge < -0.3 is 10.2 Å². The first-order chi connectivity index (χ1) is 9.20. The van der Waals surface area contributed by atoms with Crippen LogP contribution in [0.3, 0.4) is 0 Å². The van der Waals surface area contributed by atoms with E-state index in [-0.39, 0.29) is 11.4 Å². The number of nitrogens with one attached hydrogen (secondary N) is 1. The van der Waals surface area contributed by atoms with Crippen LogP contribution in [0.25, 0.3) is 0 Å². The van der Waals surface area contributed by atoms with E-state index in [1.165, 1.54) is 38.2 Å². The number of rotatable bonds is 1. The Morgan fingerprint density at radius 3 is 2.74 bits per heavy atom. The van der Waals surface area contributed by atoms with Gasteiger partial charge in [0, 0.05) is 25.2 Å². The van der Waals surface area contributed by atoms with Crippen molar-refractivity contribution in [3.63, 3.8) is 0 Å². The minimum Gasteiger partial charge on any atom is -0.365 e. The van der Waals surface area contributed by atoms with Gasteiger partial charge in [-0.15, -0.1) is 0 Å². The van der Waals surface area contributed by atoms with Crippen molar-refractivity contribution in [3.8, 4) is 0 Å². The first-order valence-corrected chi connectivity index (χ1v) is 7.52. The van der Waals surface area contributed by atoms with E-state index in [2.05, 4.69) is 10.2 Å². The molecule has 1 aliphatic heterocycles. The van der Waals surface area contributed by atoms with Crippen LogP contribution in [0.15, 0.2) is 18.2 Å². The highest BCUT2D eigenvalue weighted by Gasteiger charge is 2.37. The van der Waals surface area contributed by atoms with Crippen LogP contribution >= 0.6 is 11.6 Å². The number of hydrogen-bond acceptors (Lipinski definition) is 2. The van der Waals surface area contributed by atoms with E-state index in [1.54, 1.807) is 12.1 Å². The molecule has 1 heterocycles. The van der Waals surface area contributed by atoms with Gasteiger partial charge in [0.1, 0.15) is 5.82 Å². The van der Waals surface area contributed by atoms with Gasteiger partial charge in [-0.3, -0.25) is 0 Å². The zero-order valence-corrected chi connectivity index (χ0v) is 11.8. The van der Waals surface area contributed by atoms with Crippen LogP contribution in [-0.2, 0) is 0 Å².